The van der Waals surface area contributed by atoms with Crippen LogP contribution in [-0.4, -0.2) is 26.4 Å². The van der Waals surface area contributed by atoms with Gasteiger partial charge in [0.2, 0.25) is 0 Å². The maximum atomic E-state index is 12.6. The molecule has 5 rings (SSSR count). The van der Waals surface area contributed by atoms with Gasteiger partial charge in [0.15, 0.2) is 5.82 Å². The van der Waals surface area contributed by atoms with Gasteiger partial charge < -0.3 is 9.72 Å². The molecule has 0 fully saturated rings. The van der Waals surface area contributed by atoms with Crippen molar-refractivity contribution in [2.45, 2.75) is 20.3 Å². The maximum absolute atomic E-state index is 12.6. The maximum Gasteiger partial charge on any atom is 0.259 e. The normalized spacial score (nSPS) is 11.4. The first-order valence-corrected chi connectivity index (χ1v) is 12.1. The Morgan fingerprint density at radius 2 is 1.89 bits per heavy atom. The molecule has 0 saturated carbocycles. The number of aryl methyl sites for hydroxylation is 1. The molecule has 0 atom stereocenters. The van der Waals surface area contributed by atoms with Crippen LogP contribution in [0.2, 0.25) is 0 Å². The Bertz CT molecular complexity index is 1710. The van der Waals surface area contributed by atoms with E-state index in [9.17, 15) is 10.1 Å². The number of hydrogen-bond acceptors (Lipinski definition) is 5. The second-order valence-corrected chi connectivity index (χ2v) is 8.64. The largest absolute Gasteiger partial charge is 0.494 e. The number of allylic oxidation sites excluding steroid dienone is 1. The fourth-order valence-corrected chi connectivity index (χ4v) is 4.15. The number of nitriles is 1. The quantitative estimate of drug-likeness (QED) is 0.287. The Labute approximate surface area is 214 Å². The summed E-state index contributed by atoms with van der Waals surface area (Å²) in [4.78, 5) is 19.9. The summed E-state index contributed by atoms with van der Waals surface area (Å²) >= 11 is 0. The second kappa shape index (κ2) is 10.3. The molecule has 5 aromatic rings. The Morgan fingerprint density at radius 3 is 2.65 bits per heavy atom. The van der Waals surface area contributed by atoms with E-state index in [2.05, 4.69) is 23.0 Å². The molecule has 7 nitrogen and oxygen atoms in total. The third-order valence-electron chi connectivity index (χ3n) is 5.98. The highest BCUT2D eigenvalue weighted by Gasteiger charge is 2.16. The van der Waals surface area contributed by atoms with Crippen LogP contribution in [0.4, 0.5) is 0 Å². The fraction of sp³-hybridized carbons (Fsp3) is 0.133. The molecule has 7 heteroatoms. The number of hydrogen-bond donors (Lipinski definition) is 1. The van der Waals surface area contributed by atoms with Gasteiger partial charge in [0.1, 0.15) is 17.5 Å². The van der Waals surface area contributed by atoms with Crippen molar-refractivity contribution >= 4 is 22.6 Å². The Kier molecular flexibility index (Phi) is 6.64. The fourth-order valence-electron chi connectivity index (χ4n) is 4.15. The molecular weight excluding hydrogens is 462 g/mol. The minimum atomic E-state index is -0.291. The topological polar surface area (TPSA) is 96.6 Å². The molecule has 2 aromatic heterocycles. The molecule has 182 valence electrons. The lowest BCUT2D eigenvalue weighted by atomic mass is 10.0. The van der Waals surface area contributed by atoms with Crippen molar-refractivity contribution in [2.24, 2.45) is 0 Å². The number of aromatic nitrogens is 4. The first-order valence-electron chi connectivity index (χ1n) is 12.1. The van der Waals surface area contributed by atoms with E-state index in [4.69, 9.17) is 9.84 Å². The number of benzene rings is 3. The number of H-pyrrole nitrogens is 1. The summed E-state index contributed by atoms with van der Waals surface area (Å²) in [7, 11) is 0. The molecule has 0 aliphatic carbocycles. The highest BCUT2D eigenvalue weighted by molar-refractivity contribution is 5.92. The Hall–Kier alpha value is -4.96. The molecule has 0 unspecified atom stereocenters. The number of aromatic amines is 1. The molecule has 0 radical (unpaired) electrons. The molecule has 37 heavy (non-hydrogen) atoms. The SMILES string of the molecule is CCCOc1ccc(-c2nn(-c3ccccc3)cc2/C=C(\C#N)c2nc3ccccc3c(=O)[nH]2)c(C)c1. The molecule has 1 N–H and O–H groups in total. The summed E-state index contributed by atoms with van der Waals surface area (Å²) in [6.45, 7) is 4.73. The van der Waals surface area contributed by atoms with Crippen LogP contribution in [0.25, 0.3) is 39.5 Å². The van der Waals surface area contributed by atoms with Gasteiger partial charge in [-0.05, 0) is 67.4 Å². The number of para-hydroxylation sites is 2. The monoisotopic (exact) mass is 487 g/mol. The summed E-state index contributed by atoms with van der Waals surface area (Å²) in [5.74, 6) is 1.02. The Balaban J connectivity index is 1.66. The molecule has 2 heterocycles. The smallest absolute Gasteiger partial charge is 0.259 e. The van der Waals surface area contributed by atoms with E-state index in [0.717, 1.165) is 34.5 Å². The van der Waals surface area contributed by atoms with Crippen LogP contribution in [0.3, 0.4) is 0 Å². The predicted octanol–water partition coefficient (Wildman–Crippen LogP) is 5.94. The van der Waals surface area contributed by atoms with Gasteiger partial charge in [-0.1, -0.05) is 37.3 Å². The van der Waals surface area contributed by atoms with Crippen molar-refractivity contribution in [3.63, 3.8) is 0 Å². The van der Waals surface area contributed by atoms with E-state index in [1.807, 2.05) is 67.7 Å². The molecule has 0 amide bonds. The number of rotatable bonds is 7. The van der Waals surface area contributed by atoms with Crippen LogP contribution in [0.1, 0.15) is 30.3 Å². The third kappa shape index (κ3) is 4.91. The molecule has 0 spiro atoms. The van der Waals surface area contributed by atoms with Crippen molar-refractivity contribution in [1.82, 2.24) is 19.7 Å². The zero-order valence-electron chi connectivity index (χ0n) is 20.6. The van der Waals surface area contributed by atoms with Crippen LogP contribution in [-0.2, 0) is 0 Å². The first kappa shape index (κ1) is 23.8. The van der Waals surface area contributed by atoms with Crippen LogP contribution in [0.15, 0.2) is 83.8 Å². The van der Waals surface area contributed by atoms with Crippen molar-refractivity contribution in [2.75, 3.05) is 6.61 Å². The summed E-state index contributed by atoms with van der Waals surface area (Å²) in [6, 6.07) is 24.9. The van der Waals surface area contributed by atoms with Crippen LogP contribution in [0.5, 0.6) is 5.75 Å². The van der Waals surface area contributed by atoms with Gasteiger partial charge in [0.05, 0.1) is 28.8 Å². The molecule has 0 aliphatic rings. The molecule has 3 aromatic carbocycles. The van der Waals surface area contributed by atoms with Gasteiger partial charge in [-0.2, -0.15) is 10.4 Å². The second-order valence-electron chi connectivity index (χ2n) is 8.64. The van der Waals surface area contributed by atoms with E-state index in [-0.39, 0.29) is 17.0 Å². The van der Waals surface area contributed by atoms with Gasteiger partial charge in [-0.25, -0.2) is 9.67 Å². The molecule has 0 bridgehead atoms. The molecule has 0 saturated heterocycles. The van der Waals surface area contributed by atoms with Gasteiger partial charge in [0, 0.05) is 17.3 Å². The van der Waals surface area contributed by atoms with Gasteiger partial charge in [-0.3, -0.25) is 4.79 Å². The first-order chi connectivity index (χ1) is 18.1. The predicted molar refractivity (Wildman–Crippen MR) is 145 cm³/mol. The third-order valence-corrected chi connectivity index (χ3v) is 5.98. The standard InChI is InChI=1S/C30H25N5O2/c1-3-15-37-24-13-14-25(20(2)16-24)28-22(19-35(34-28)23-9-5-4-6-10-23)17-21(18-31)29-32-27-12-8-7-11-26(27)30(36)33-29/h4-14,16-17,19H,3,15H2,1-2H3,(H,32,33,36)/b21-17+. The van der Waals surface area contributed by atoms with E-state index in [1.165, 1.54) is 0 Å². The number of ether oxygens (including phenoxy) is 1. The van der Waals surface area contributed by atoms with Gasteiger partial charge >= 0.3 is 0 Å². The van der Waals surface area contributed by atoms with Gasteiger partial charge in [0.25, 0.3) is 5.56 Å². The van der Waals surface area contributed by atoms with Crippen molar-refractivity contribution in [3.05, 3.63) is 106 Å². The van der Waals surface area contributed by atoms with Crippen molar-refractivity contribution in [1.29, 1.82) is 5.26 Å². The van der Waals surface area contributed by atoms with E-state index in [1.54, 1.807) is 29.0 Å². The van der Waals surface area contributed by atoms with E-state index in [0.29, 0.717) is 23.2 Å². The lowest BCUT2D eigenvalue weighted by Crippen LogP contribution is -2.11. The lowest BCUT2D eigenvalue weighted by molar-refractivity contribution is 0.317. The minimum absolute atomic E-state index is 0.213. The van der Waals surface area contributed by atoms with Gasteiger partial charge in [-0.15, -0.1) is 0 Å². The number of nitrogens with one attached hydrogen (secondary N) is 1. The summed E-state index contributed by atoms with van der Waals surface area (Å²) in [5.41, 5.74) is 4.71. The Morgan fingerprint density at radius 1 is 1.11 bits per heavy atom. The van der Waals surface area contributed by atoms with E-state index < -0.39 is 0 Å². The van der Waals surface area contributed by atoms with Crippen LogP contribution in [0, 0.1) is 18.3 Å². The lowest BCUT2D eigenvalue weighted by Gasteiger charge is -2.09. The number of fused-ring (bicyclic) bond motifs is 1. The van der Waals surface area contributed by atoms with Crippen LogP contribution >= 0.6 is 0 Å². The van der Waals surface area contributed by atoms with Crippen molar-refractivity contribution < 1.29 is 4.74 Å². The number of nitrogens with zero attached hydrogens (tertiary/aromatic N) is 4. The highest BCUT2D eigenvalue weighted by Crippen LogP contribution is 2.31. The summed E-state index contributed by atoms with van der Waals surface area (Å²) in [6.07, 6.45) is 4.52. The minimum Gasteiger partial charge on any atom is -0.494 e. The highest BCUT2D eigenvalue weighted by atomic mass is 16.5. The average molecular weight is 488 g/mol. The van der Waals surface area contributed by atoms with Crippen molar-refractivity contribution in [3.8, 4) is 28.8 Å². The summed E-state index contributed by atoms with van der Waals surface area (Å²) in [5, 5.41) is 15.4. The molecular formula is C30H25N5O2. The van der Waals surface area contributed by atoms with E-state index >= 15 is 0 Å². The molecule has 0 aliphatic heterocycles. The zero-order chi connectivity index (χ0) is 25.8. The summed E-state index contributed by atoms with van der Waals surface area (Å²) < 4.78 is 7.58. The average Bonchev–Trinajstić information content (AvgIpc) is 3.34. The zero-order valence-corrected chi connectivity index (χ0v) is 20.6. The van der Waals surface area contributed by atoms with Crippen LogP contribution < -0.4 is 10.3 Å².